The molecule has 0 fully saturated rings. The summed E-state index contributed by atoms with van der Waals surface area (Å²) in [6.07, 6.45) is 8.47. The first-order chi connectivity index (χ1) is 10.7. The Hall–Kier alpha value is -2.68. The lowest BCUT2D eigenvalue weighted by atomic mass is 10.0. The van der Waals surface area contributed by atoms with Gasteiger partial charge in [-0.2, -0.15) is 0 Å². The van der Waals surface area contributed by atoms with Crippen LogP contribution in [0.25, 0.3) is 34.1 Å². The Morgan fingerprint density at radius 1 is 1.05 bits per heavy atom. The molecule has 0 saturated carbocycles. The van der Waals surface area contributed by atoms with E-state index in [4.69, 9.17) is 9.15 Å². The zero-order valence-corrected chi connectivity index (χ0v) is 12.5. The number of allylic oxidation sites excluding steroid dienone is 2. The van der Waals surface area contributed by atoms with E-state index in [0.717, 1.165) is 33.2 Å². The van der Waals surface area contributed by atoms with Gasteiger partial charge >= 0.3 is 0 Å². The predicted octanol–water partition coefficient (Wildman–Crippen LogP) is 4.98. The number of benzene rings is 2. The summed E-state index contributed by atoms with van der Waals surface area (Å²) in [5.74, 6) is 1.39. The van der Waals surface area contributed by atoms with Gasteiger partial charge in [-0.15, -0.1) is 0 Å². The standard InChI is InChI=1S/C19H16O3/c1-11-3-6-13-15(7-4-11)19-16(10-17(13)21-2)14-8-5-12(20)9-18(14)22-19/h3-11,20H,1-2H3. The third kappa shape index (κ3) is 1.82. The second-order valence-corrected chi connectivity index (χ2v) is 5.64. The van der Waals surface area contributed by atoms with Crippen molar-refractivity contribution in [3.05, 3.63) is 47.5 Å². The summed E-state index contributed by atoms with van der Waals surface area (Å²) in [6.45, 7) is 2.14. The largest absolute Gasteiger partial charge is 0.508 e. The van der Waals surface area contributed by atoms with Crippen LogP contribution >= 0.6 is 0 Å². The number of aromatic hydroxyl groups is 1. The summed E-state index contributed by atoms with van der Waals surface area (Å²) in [5, 5.41) is 11.6. The van der Waals surface area contributed by atoms with E-state index in [0.29, 0.717) is 11.5 Å². The van der Waals surface area contributed by atoms with E-state index in [-0.39, 0.29) is 5.75 Å². The van der Waals surface area contributed by atoms with Crippen molar-refractivity contribution in [2.45, 2.75) is 6.92 Å². The number of fused-ring (bicyclic) bond motifs is 5. The molecule has 1 aromatic heterocycles. The lowest BCUT2D eigenvalue weighted by Gasteiger charge is -2.08. The number of phenols is 1. The summed E-state index contributed by atoms with van der Waals surface area (Å²) in [7, 11) is 1.68. The molecule has 0 aliphatic heterocycles. The first-order valence-electron chi connectivity index (χ1n) is 7.30. The van der Waals surface area contributed by atoms with Crippen molar-refractivity contribution in [1.29, 1.82) is 0 Å². The van der Waals surface area contributed by atoms with Gasteiger partial charge < -0.3 is 14.3 Å². The van der Waals surface area contributed by atoms with Crippen molar-refractivity contribution in [2.24, 2.45) is 5.92 Å². The maximum atomic E-state index is 9.66. The number of hydrogen-bond donors (Lipinski definition) is 1. The fraction of sp³-hybridized carbons (Fsp3) is 0.158. The van der Waals surface area contributed by atoms with Crippen LogP contribution in [-0.2, 0) is 0 Å². The summed E-state index contributed by atoms with van der Waals surface area (Å²) >= 11 is 0. The third-order valence-electron chi connectivity index (χ3n) is 4.14. The van der Waals surface area contributed by atoms with Gasteiger partial charge in [0.25, 0.3) is 0 Å². The van der Waals surface area contributed by atoms with Crippen LogP contribution in [0.5, 0.6) is 11.5 Å². The van der Waals surface area contributed by atoms with Crippen LogP contribution in [0.3, 0.4) is 0 Å². The lowest BCUT2D eigenvalue weighted by molar-refractivity contribution is 0.414. The zero-order valence-electron chi connectivity index (χ0n) is 12.5. The van der Waals surface area contributed by atoms with E-state index in [1.165, 1.54) is 0 Å². The highest BCUT2D eigenvalue weighted by atomic mass is 16.5. The van der Waals surface area contributed by atoms with Crippen molar-refractivity contribution in [3.63, 3.8) is 0 Å². The maximum Gasteiger partial charge on any atom is 0.143 e. The summed E-state index contributed by atoms with van der Waals surface area (Å²) in [4.78, 5) is 0. The molecule has 1 aliphatic carbocycles. The molecule has 2 aromatic carbocycles. The van der Waals surface area contributed by atoms with E-state index >= 15 is 0 Å². The average Bonchev–Trinajstić information content (AvgIpc) is 2.74. The molecule has 0 amide bonds. The summed E-state index contributed by atoms with van der Waals surface area (Å²) < 4.78 is 11.6. The van der Waals surface area contributed by atoms with Crippen LogP contribution in [0, 0.1) is 5.92 Å². The van der Waals surface area contributed by atoms with Gasteiger partial charge in [0.15, 0.2) is 0 Å². The van der Waals surface area contributed by atoms with Crippen molar-refractivity contribution in [3.8, 4) is 11.5 Å². The monoisotopic (exact) mass is 292 g/mol. The molecule has 3 aromatic rings. The Morgan fingerprint density at radius 2 is 1.82 bits per heavy atom. The highest BCUT2D eigenvalue weighted by molar-refractivity contribution is 6.09. The van der Waals surface area contributed by atoms with Gasteiger partial charge in [0, 0.05) is 28.0 Å². The van der Waals surface area contributed by atoms with E-state index < -0.39 is 0 Å². The molecule has 0 saturated heterocycles. The van der Waals surface area contributed by atoms with E-state index in [9.17, 15) is 5.11 Å². The number of hydrogen-bond acceptors (Lipinski definition) is 3. The van der Waals surface area contributed by atoms with Crippen LogP contribution in [0.15, 0.2) is 40.8 Å². The average molecular weight is 292 g/mol. The van der Waals surface area contributed by atoms with Crippen molar-refractivity contribution in [2.75, 3.05) is 7.11 Å². The van der Waals surface area contributed by atoms with Gasteiger partial charge in [0.2, 0.25) is 0 Å². The number of rotatable bonds is 1. The third-order valence-corrected chi connectivity index (χ3v) is 4.14. The smallest absolute Gasteiger partial charge is 0.143 e. The molecule has 0 radical (unpaired) electrons. The molecule has 3 heteroatoms. The normalized spacial score (nSPS) is 16.9. The highest BCUT2D eigenvalue weighted by Gasteiger charge is 2.18. The van der Waals surface area contributed by atoms with Gasteiger partial charge in [-0.25, -0.2) is 0 Å². The van der Waals surface area contributed by atoms with Crippen molar-refractivity contribution in [1.82, 2.24) is 0 Å². The quantitative estimate of drug-likeness (QED) is 0.688. The fourth-order valence-electron chi connectivity index (χ4n) is 2.98. The molecule has 1 N–H and O–H groups in total. The second-order valence-electron chi connectivity index (χ2n) is 5.64. The topological polar surface area (TPSA) is 42.6 Å². The number of phenolic OH excluding ortho intramolecular Hbond substituents is 1. The Balaban J connectivity index is 2.16. The molecule has 4 rings (SSSR count). The maximum absolute atomic E-state index is 9.66. The van der Waals surface area contributed by atoms with E-state index in [1.807, 2.05) is 12.1 Å². The van der Waals surface area contributed by atoms with Gasteiger partial charge in [0.05, 0.1) is 7.11 Å². The molecule has 1 atom stereocenters. The fourth-order valence-corrected chi connectivity index (χ4v) is 2.98. The van der Waals surface area contributed by atoms with Gasteiger partial charge in [-0.1, -0.05) is 31.2 Å². The molecular weight excluding hydrogens is 276 g/mol. The first-order valence-corrected chi connectivity index (χ1v) is 7.30. The molecule has 1 heterocycles. The van der Waals surface area contributed by atoms with Crippen LogP contribution < -0.4 is 4.74 Å². The minimum atomic E-state index is 0.202. The van der Waals surface area contributed by atoms with E-state index in [1.54, 1.807) is 19.2 Å². The van der Waals surface area contributed by atoms with Crippen LogP contribution in [0.1, 0.15) is 18.1 Å². The SMILES string of the molecule is COc1cc2c(oc3cc(O)ccc32)c2c1C=CC(C)C=C2. The van der Waals surface area contributed by atoms with Gasteiger partial charge in [0.1, 0.15) is 22.7 Å². The zero-order chi connectivity index (χ0) is 15.3. The molecule has 1 unspecified atom stereocenters. The molecule has 110 valence electrons. The van der Waals surface area contributed by atoms with Gasteiger partial charge in [-0.3, -0.25) is 0 Å². The summed E-state index contributed by atoms with van der Waals surface area (Å²) in [6, 6.07) is 7.20. The molecule has 0 spiro atoms. The number of ether oxygens (including phenoxy) is 1. The second kappa shape index (κ2) is 4.67. The number of furan rings is 1. The molecule has 22 heavy (non-hydrogen) atoms. The van der Waals surface area contributed by atoms with E-state index in [2.05, 4.69) is 31.2 Å². The van der Waals surface area contributed by atoms with Gasteiger partial charge in [-0.05, 0) is 24.1 Å². The van der Waals surface area contributed by atoms with Crippen LogP contribution in [0.2, 0.25) is 0 Å². The Labute approximate surface area is 128 Å². The molecule has 3 nitrogen and oxygen atoms in total. The van der Waals surface area contributed by atoms with Crippen LogP contribution in [0.4, 0.5) is 0 Å². The van der Waals surface area contributed by atoms with Crippen molar-refractivity contribution >= 4 is 34.1 Å². The minimum absolute atomic E-state index is 0.202. The number of methoxy groups -OCH3 is 1. The van der Waals surface area contributed by atoms with Crippen molar-refractivity contribution < 1.29 is 14.3 Å². The lowest BCUT2D eigenvalue weighted by Crippen LogP contribution is -1.90. The molecule has 1 aliphatic rings. The Bertz CT molecular complexity index is 944. The molecule has 0 bridgehead atoms. The molecular formula is C19H16O3. The minimum Gasteiger partial charge on any atom is -0.508 e. The highest BCUT2D eigenvalue weighted by Crippen LogP contribution is 2.40. The Morgan fingerprint density at radius 3 is 2.59 bits per heavy atom. The first kappa shape index (κ1) is 13.0. The summed E-state index contributed by atoms with van der Waals surface area (Å²) in [5.41, 5.74) is 3.55. The Kier molecular flexibility index (Phi) is 2.76. The van der Waals surface area contributed by atoms with Crippen LogP contribution in [-0.4, -0.2) is 12.2 Å². The predicted molar refractivity (Wildman–Crippen MR) is 89.2 cm³/mol.